The first-order valence-corrected chi connectivity index (χ1v) is 14.1. The SMILES string of the molecule is NC1=NC(C[C@@H]2CCOC2)(c2ccccc2)CN1Cc1ccc(C(F)(F)F)c(C(=O)N2CCn3c(nnc3C(F)(F)F)C2)c1. The highest BCUT2D eigenvalue weighted by atomic mass is 19.4. The zero-order chi connectivity index (χ0) is 31.3. The minimum absolute atomic E-state index is 0.0900. The van der Waals surface area contributed by atoms with Crippen LogP contribution in [0.15, 0.2) is 53.5 Å². The predicted molar refractivity (Wildman–Crippen MR) is 145 cm³/mol. The maximum Gasteiger partial charge on any atom is 0.451 e. The smallest absolute Gasteiger partial charge is 0.381 e. The predicted octanol–water partition coefficient (Wildman–Crippen LogP) is 4.42. The molecule has 1 aromatic heterocycles. The van der Waals surface area contributed by atoms with E-state index in [1.807, 2.05) is 30.3 Å². The van der Waals surface area contributed by atoms with E-state index < -0.39 is 47.3 Å². The lowest BCUT2D eigenvalue weighted by atomic mass is 9.81. The van der Waals surface area contributed by atoms with Crippen LogP contribution in [0.5, 0.6) is 0 Å². The molecule has 0 radical (unpaired) electrons. The van der Waals surface area contributed by atoms with Gasteiger partial charge in [-0.25, -0.2) is 4.99 Å². The van der Waals surface area contributed by atoms with Crippen LogP contribution in [0, 0.1) is 5.92 Å². The van der Waals surface area contributed by atoms with E-state index >= 15 is 0 Å². The minimum atomic E-state index is -4.84. The number of nitrogens with two attached hydrogens (primary N) is 1. The number of fused-ring (bicyclic) bond motifs is 1. The number of alkyl halides is 6. The van der Waals surface area contributed by atoms with Crippen LogP contribution < -0.4 is 5.73 Å². The molecule has 9 nitrogen and oxygen atoms in total. The maximum absolute atomic E-state index is 14.0. The van der Waals surface area contributed by atoms with Gasteiger partial charge in [-0.1, -0.05) is 36.4 Å². The second-order valence-electron chi connectivity index (χ2n) is 11.4. The van der Waals surface area contributed by atoms with Gasteiger partial charge in [0.1, 0.15) is 5.54 Å². The van der Waals surface area contributed by atoms with Gasteiger partial charge in [0.15, 0.2) is 11.8 Å². The summed E-state index contributed by atoms with van der Waals surface area (Å²) in [6.07, 6.45) is -8.03. The molecule has 1 saturated heterocycles. The molecule has 1 fully saturated rings. The summed E-state index contributed by atoms with van der Waals surface area (Å²) in [5.74, 6) is -1.84. The van der Waals surface area contributed by atoms with E-state index in [-0.39, 0.29) is 37.3 Å². The van der Waals surface area contributed by atoms with Crippen molar-refractivity contribution in [1.82, 2.24) is 24.6 Å². The first-order chi connectivity index (χ1) is 20.8. The molecule has 1 unspecified atom stereocenters. The summed E-state index contributed by atoms with van der Waals surface area (Å²) < 4.78 is 88.3. The number of aliphatic imine (C=N–C) groups is 1. The van der Waals surface area contributed by atoms with E-state index in [9.17, 15) is 31.1 Å². The lowest BCUT2D eigenvalue weighted by Gasteiger charge is -2.31. The van der Waals surface area contributed by atoms with E-state index in [4.69, 9.17) is 15.5 Å². The van der Waals surface area contributed by atoms with Crippen LogP contribution in [0.25, 0.3) is 0 Å². The number of ether oxygens (including phenoxy) is 1. The third-order valence-corrected chi connectivity index (χ3v) is 8.35. The number of carbonyl (C=O) groups excluding carboxylic acids is 1. The van der Waals surface area contributed by atoms with Crippen LogP contribution in [0.2, 0.25) is 0 Å². The molecule has 44 heavy (non-hydrogen) atoms. The van der Waals surface area contributed by atoms with E-state index in [0.717, 1.165) is 27.5 Å². The summed E-state index contributed by atoms with van der Waals surface area (Å²) in [7, 11) is 0. The molecular formula is C29H29F6N7O2. The number of hydrogen-bond donors (Lipinski definition) is 1. The van der Waals surface area contributed by atoms with Crippen LogP contribution in [0.4, 0.5) is 26.3 Å². The van der Waals surface area contributed by atoms with Crippen molar-refractivity contribution >= 4 is 11.9 Å². The average molecular weight is 622 g/mol. The summed E-state index contributed by atoms with van der Waals surface area (Å²) in [5, 5.41) is 6.70. The molecule has 0 saturated carbocycles. The molecule has 1 amide bonds. The highest BCUT2D eigenvalue weighted by Gasteiger charge is 2.44. The van der Waals surface area contributed by atoms with Gasteiger partial charge in [-0.05, 0) is 42.0 Å². The number of guanidine groups is 1. The average Bonchev–Trinajstić information content (AvgIpc) is 3.72. The normalized spacial score (nSPS) is 22.3. The Balaban J connectivity index is 1.26. The monoisotopic (exact) mass is 621 g/mol. The van der Waals surface area contributed by atoms with Crippen LogP contribution in [0.3, 0.4) is 0 Å². The number of aromatic nitrogens is 3. The molecular weight excluding hydrogens is 592 g/mol. The molecule has 0 aliphatic carbocycles. The van der Waals surface area contributed by atoms with Gasteiger partial charge in [-0.3, -0.25) is 4.79 Å². The lowest BCUT2D eigenvalue weighted by Crippen LogP contribution is -2.40. The van der Waals surface area contributed by atoms with Crippen molar-refractivity contribution in [3.63, 3.8) is 0 Å². The second-order valence-corrected chi connectivity index (χ2v) is 11.4. The number of hydrogen-bond acceptors (Lipinski definition) is 7. The Morgan fingerprint density at radius 3 is 2.48 bits per heavy atom. The molecule has 0 spiro atoms. The van der Waals surface area contributed by atoms with Crippen LogP contribution in [0.1, 0.15) is 51.5 Å². The largest absolute Gasteiger partial charge is 0.451 e. The minimum Gasteiger partial charge on any atom is -0.381 e. The Morgan fingerprint density at radius 2 is 1.80 bits per heavy atom. The molecule has 234 valence electrons. The molecule has 3 aliphatic heterocycles. The zero-order valence-electron chi connectivity index (χ0n) is 23.4. The fourth-order valence-corrected chi connectivity index (χ4v) is 6.26. The second kappa shape index (κ2) is 11.1. The fourth-order valence-electron chi connectivity index (χ4n) is 6.26. The molecule has 2 atom stereocenters. The van der Waals surface area contributed by atoms with Crippen molar-refractivity contribution in [2.75, 3.05) is 26.3 Å². The van der Waals surface area contributed by atoms with Gasteiger partial charge in [-0.15, -0.1) is 10.2 Å². The van der Waals surface area contributed by atoms with Crippen molar-refractivity contribution in [3.05, 3.63) is 82.4 Å². The molecule has 15 heteroatoms. The third-order valence-electron chi connectivity index (χ3n) is 8.35. The van der Waals surface area contributed by atoms with Crippen LogP contribution >= 0.6 is 0 Å². The summed E-state index contributed by atoms with van der Waals surface area (Å²) in [4.78, 5) is 21.2. The van der Waals surface area contributed by atoms with Crippen LogP contribution in [-0.4, -0.2) is 62.7 Å². The molecule has 2 aromatic carbocycles. The number of halogens is 6. The topological polar surface area (TPSA) is 102 Å². The number of carbonyl (C=O) groups is 1. The molecule has 0 bridgehead atoms. The Hall–Kier alpha value is -4.14. The Bertz CT molecular complexity index is 1570. The van der Waals surface area contributed by atoms with Gasteiger partial charge in [-0.2, -0.15) is 26.3 Å². The van der Waals surface area contributed by atoms with Crippen molar-refractivity contribution < 1.29 is 35.9 Å². The van der Waals surface area contributed by atoms with E-state index in [1.54, 1.807) is 4.90 Å². The summed E-state index contributed by atoms with van der Waals surface area (Å²) in [6.45, 7) is 0.779. The summed E-state index contributed by atoms with van der Waals surface area (Å²) in [6, 6.07) is 13.0. The van der Waals surface area contributed by atoms with Gasteiger partial charge in [0, 0.05) is 32.8 Å². The fraction of sp³-hybridized carbons (Fsp3) is 0.448. The van der Waals surface area contributed by atoms with Gasteiger partial charge in [0.25, 0.3) is 5.91 Å². The van der Waals surface area contributed by atoms with Gasteiger partial charge < -0.3 is 24.8 Å². The quantitative estimate of drug-likeness (QED) is 0.409. The van der Waals surface area contributed by atoms with Gasteiger partial charge >= 0.3 is 12.4 Å². The summed E-state index contributed by atoms with van der Waals surface area (Å²) in [5.41, 5.74) is 5.34. The Morgan fingerprint density at radius 1 is 1.02 bits per heavy atom. The summed E-state index contributed by atoms with van der Waals surface area (Å²) >= 11 is 0. The molecule has 3 aliphatic rings. The number of amides is 1. The van der Waals surface area contributed by atoms with E-state index in [1.165, 1.54) is 12.1 Å². The first-order valence-electron chi connectivity index (χ1n) is 14.1. The van der Waals surface area contributed by atoms with E-state index in [2.05, 4.69) is 10.2 Å². The molecule has 2 N–H and O–H groups in total. The van der Waals surface area contributed by atoms with Gasteiger partial charge in [0.2, 0.25) is 5.82 Å². The Kier molecular flexibility index (Phi) is 7.54. The zero-order valence-corrected chi connectivity index (χ0v) is 23.4. The lowest BCUT2D eigenvalue weighted by molar-refractivity contribution is -0.148. The van der Waals surface area contributed by atoms with Crippen molar-refractivity contribution in [3.8, 4) is 0 Å². The van der Waals surface area contributed by atoms with Crippen molar-refractivity contribution in [2.24, 2.45) is 16.6 Å². The number of benzene rings is 2. The molecule has 6 rings (SSSR count). The van der Waals surface area contributed by atoms with Crippen molar-refractivity contribution in [1.29, 1.82) is 0 Å². The highest BCUT2D eigenvalue weighted by Crippen LogP contribution is 2.40. The first kappa shape index (κ1) is 29.9. The standard InChI is InChI=1S/C29H29F6N7O2/c30-28(31,32)22-7-6-18(12-21(22)24(43)40-9-10-42-23(15-40)38-39-25(42)29(33,34)35)14-41-17-27(37-26(41)36,13-19-8-11-44-16-19)20-4-2-1-3-5-20/h1-7,12,19H,8-11,13-17H2,(H2,36,37)/t19-,27?/m0/s1. The highest BCUT2D eigenvalue weighted by molar-refractivity contribution is 5.96. The molecule has 4 heterocycles. The number of nitrogens with zero attached hydrogens (tertiary/aromatic N) is 6. The Labute approximate surface area is 248 Å². The van der Waals surface area contributed by atoms with Gasteiger partial charge in [0.05, 0.1) is 24.2 Å². The maximum atomic E-state index is 14.0. The van der Waals surface area contributed by atoms with Crippen LogP contribution in [-0.2, 0) is 42.3 Å². The van der Waals surface area contributed by atoms with E-state index in [0.29, 0.717) is 31.7 Å². The van der Waals surface area contributed by atoms with Crippen molar-refractivity contribution in [2.45, 2.75) is 50.4 Å². The number of rotatable bonds is 6. The molecule has 3 aromatic rings. The third kappa shape index (κ3) is 5.72.